The van der Waals surface area contributed by atoms with E-state index in [0.717, 1.165) is 64.2 Å². The molecule has 0 saturated heterocycles. The van der Waals surface area contributed by atoms with Crippen molar-refractivity contribution in [3.05, 3.63) is 55.9 Å². The number of nitrogens with zero attached hydrogens (tertiary/aromatic N) is 1. The molecule has 8 heteroatoms. The molecular formula is C29H34IN2O5-. The van der Waals surface area contributed by atoms with Crippen molar-refractivity contribution >= 4 is 28.1 Å². The van der Waals surface area contributed by atoms with Gasteiger partial charge in [0.05, 0.1) is 0 Å². The number of aldehydes is 1. The molecule has 1 fully saturated rings. The van der Waals surface area contributed by atoms with Crippen molar-refractivity contribution in [2.45, 2.75) is 51.2 Å². The van der Waals surface area contributed by atoms with Crippen LogP contribution in [0.25, 0.3) is 21.3 Å². The number of amides is 1. The molecule has 0 unspecified atom stereocenters. The second-order valence-corrected chi connectivity index (χ2v) is 11.8. The number of fused-ring (bicyclic) bond motifs is 1. The molecule has 1 saturated carbocycles. The number of rotatable bonds is 10. The van der Waals surface area contributed by atoms with E-state index in [1.54, 1.807) is 14.2 Å². The van der Waals surface area contributed by atoms with Crippen molar-refractivity contribution in [1.29, 1.82) is 0 Å². The fraction of sp³-hybridized carbons (Fsp3) is 0.414. The Morgan fingerprint density at radius 1 is 1.11 bits per heavy atom. The average molecular weight is 618 g/mol. The van der Waals surface area contributed by atoms with E-state index in [9.17, 15) is 14.4 Å². The summed E-state index contributed by atoms with van der Waals surface area (Å²) < 4.78 is 17.7. The molecule has 1 N–H and O–H groups in total. The van der Waals surface area contributed by atoms with Crippen LogP contribution >= 0.6 is 0 Å². The molecule has 1 amide bonds. The van der Waals surface area contributed by atoms with Gasteiger partial charge in [0.1, 0.15) is 0 Å². The number of hydrogen-bond donors (Lipinski definition) is 1. The van der Waals surface area contributed by atoms with Gasteiger partial charge in [0.15, 0.2) is 0 Å². The zero-order valence-corrected chi connectivity index (χ0v) is 23.9. The summed E-state index contributed by atoms with van der Waals surface area (Å²) >= 11 is -0.355. The van der Waals surface area contributed by atoms with E-state index < -0.39 is 5.78 Å². The van der Waals surface area contributed by atoms with Gasteiger partial charge >= 0.3 is 205 Å². The summed E-state index contributed by atoms with van der Waals surface area (Å²) in [5.41, 5.74) is 4.84. The first kappa shape index (κ1) is 27.5. The Hall–Kier alpha value is -2.56. The second kappa shape index (κ2) is 12.3. The Labute approximate surface area is 227 Å². The molecule has 1 aliphatic heterocycles. The first-order valence-electron chi connectivity index (χ1n) is 12.4. The Kier molecular flexibility index (Phi) is 9.15. The smallest absolute Gasteiger partial charge is 0.379 e. The number of aryl methyl sites for hydroxylation is 2. The van der Waals surface area contributed by atoms with E-state index in [-0.39, 0.29) is 45.7 Å². The van der Waals surface area contributed by atoms with Crippen LogP contribution in [-0.2, 0) is 43.7 Å². The van der Waals surface area contributed by atoms with Gasteiger partial charge in [-0.25, -0.2) is 0 Å². The molecule has 1 aliphatic carbocycles. The van der Waals surface area contributed by atoms with Gasteiger partial charge in [0.25, 0.3) is 0 Å². The van der Waals surface area contributed by atoms with Crippen LogP contribution in [0.3, 0.4) is 0 Å². The minimum absolute atomic E-state index is 0.0820. The number of benzene rings is 1. The molecule has 4 rings (SSSR count). The van der Waals surface area contributed by atoms with Crippen LogP contribution in [0, 0.1) is 5.92 Å². The number of aromatic nitrogens is 1. The maximum absolute atomic E-state index is 12.0. The van der Waals surface area contributed by atoms with Crippen LogP contribution in [0.5, 0.6) is 0 Å². The van der Waals surface area contributed by atoms with Gasteiger partial charge < -0.3 is 9.47 Å². The van der Waals surface area contributed by atoms with E-state index in [1.165, 1.54) is 6.92 Å². The number of ketones is 1. The first-order chi connectivity index (χ1) is 17.8. The number of carbonyl (C=O) groups excluding carboxylic acids is 3. The van der Waals surface area contributed by atoms with Crippen LogP contribution in [0.1, 0.15) is 37.3 Å². The van der Waals surface area contributed by atoms with Gasteiger partial charge in [0, 0.05) is 14.2 Å². The second-order valence-electron chi connectivity index (χ2n) is 9.80. The Balaban J connectivity index is 1.70. The van der Waals surface area contributed by atoms with Crippen LogP contribution in [-0.4, -0.2) is 49.0 Å². The number of methoxy groups -OCH3 is 2. The summed E-state index contributed by atoms with van der Waals surface area (Å²) in [5, 5.41) is 5.11. The maximum atomic E-state index is 12.0. The van der Waals surface area contributed by atoms with E-state index >= 15 is 0 Å². The SMILES string of the molecule is CO[C@H]1CC(CCc2cc(CC(=O)C=O)cc(-c3cn(C)c4c3=CC(NC(C)=O)=C[I-]C=4)c2)C[C@@H]1OC. The molecule has 2 aromatic rings. The van der Waals surface area contributed by atoms with Crippen molar-refractivity contribution in [2.75, 3.05) is 14.2 Å². The molecule has 37 heavy (non-hydrogen) atoms. The van der Waals surface area contributed by atoms with Crippen LogP contribution < -0.4 is 37.1 Å². The van der Waals surface area contributed by atoms with Gasteiger partial charge in [-0.15, -0.1) is 0 Å². The van der Waals surface area contributed by atoms with Crippen molar-refractivity contribution in [3.8, 4) is 11.1 Å². The van der Waals surface area contributed by atoms with Gasteiger partial charge in [0.2, 0.25) is 0 Å². The first-order valence-corrected chi connectivity index (χ1v) is 14.9. The molecule has 198 valence electrons. The van der Waals surface area contributed by atoms with Crippen molar-refractivity contribution in [1.82, 2.24) is 9.88 Å². The summed E-state index contributed by atoms with van der Waals surface area (Å²) in [6, 6.07) is 6.25. The zero-order chi connectivity index (χ0) is 26.5. The Bertz CT molecular complexity index is 1330. The van der Waals surface area contributed by atoms with Crippen molar-refractivity contribution < 1.29 is 45.1 Å². The standard InChI is InChI=1S/C29H34IN2O5/c1-18(34)31-23-13-25-26(16-32(2)27(25)15-30-14-23)22-8-19(7-21(9-22)10-24(35)17-33)5-6-20-11-28(36-3)29(12-20)37-4/h7-9,13-17,20,28-29H,5-6,10-12H2,1-4H3,(H,31,34)/q-1/t28-,29-/m0/s1. The molecule has 2 atom stereocenters. The third kappa shape index (κ3) is 6.66. The number of nitrogens with one attached hydrogen (secondary N) is 1. The Morgan fingerprint density at radius 2 is 1.81 bits per heavy atom. The summed E-state index contributed by atoms with van der Waals surface area (Å²) in [5.74, 6) is -0.0246. The minimum Gasteiger partial charge on any atom is -0.379 e. The monoisotopic (exact) mass is 617 g/mol. The summed E-state index contributed by atoms with van der Waals surface area (Å²) in [4.78, 5) is 34.8. The fourth-order valence-electron chi connectivity index (χ4n) is 5.36. The number of ether oxygens (including phenoxy) is 2. The summed E-state index contributed by atoms with van der Waals surface area (Å²) in [7, 11) is 5.51. The van der Waals surface area contributed by atoms with Gasteiger partial charge in [-0.3, -0.25) is 0 Å². The normalized spacial score (nSPS) is 19.5. The molecule has 1 aromatic carbocycles. The third-order valence-electron chi connectivity index (χ3n) is 7.10. The fourth-order valence-corrected chi connectivity index (χ4v) is 7.38. The van der Waals surface area contributed by atoms with Crippen LogP contribution in [0.15, 0.2) is 34.2 Å². The van der Waals surface area contributed by atoms with Gasteiger partial charge in [-0.1, -0.05) is 0 Å². The Morgan fingerprint density at radius 3 is 2.46 bits per heavy atom. The minimum atomic E-state index is -0.433. The van der Waals surface area contributed by atoms with Gasteiger partial charge in [-0.2, -0.15) is 0 Å². The third-order valence-corrected chi connectivity index (χ3v) is 9.08. The topological polar surface area (TPSA) is 86.6 Å². The molecule has 1 aromatic heterocycles. The van der Waals surface area contributed by atoms with Crippen molar-refractivity contribution in [3.63, 3.8) is 0 Å². The summed E-state index contributed by atoms with van der Waals surface area (Å²) in [6.07, 6.45) is 8.68. The average Bonchev–Trinajstić information content (AvgIpc) is 3.34. The number of hydrogen-bond acceptors (Lipinski definition) is 5. The molecule has 7 nitrogen and oxygen atoms in total. The van der Waals surface area contributed by atoms with Crippen LogP contribution in [0.4, 0.5) is 0 Å². The molecule has 0 bridgehead atoms. The predicted molar refractivity (Wildman–Crippen MR) is 138 cm³/mol. The van der Waals surface area contributed by atoms with Crippen molar-refractivity contribution in [2.24, 2.45) is 13.0 Å². The molecule has 0 spiro atoms. The van der Waals surface area contributed by atoms with E-state index in [1.807, 2.05) is 25.3 Å². The number of Topliss-reactive ketones (excluding diaryl/α,β-unsaturated/α-hetero) is 1. The van der Waals surface area contributed by atoms with Gasteiger partial charge in [-0.05, 0) is 0 Å². The molecule has 2 heterocycles. The quantitative estimate of drug-likeness (QED) is 0.210. The molecular weight excluding hydrogens is 583 g/mol. The van der Waals surface area contributed by atoms with E-state index in [4.69, 9.17) is 9.47 Å². The van der Waals surface area contributed by atoms with Crippen LogP contribution in [0.2, 0.25) is 0 Å². The summed E-state index contributed by atoms with van der Waals surface area (Å²) in [6.45, 7) is 1.52. The number of halogens is 1. The predicted octanol–water partition coefficient (Wildman–Crippen LogP) is -1.03. The number of carbonyl (C=O) groups is 3. The van der Waals surface area contributed by atoms with E-state index in [0.29, 0.717) is 12.2 Å². The molecule has 2 aliphatic rings. The van der Waals surface area contributed by atoms with E-state index in [2.05, 4.69) is 30.3 Å². The number of allylic oxidation sites excluding steroid dienone is 1. The molecule has 0 radical (unpaired) electrons. The zero-order valence-electron chi connectivity index (χ0n) is 21.8.